The Hall–Kier alpha value is -3.32. The van der Waals surface area contributed by atoms with E-state index in [1.807, 2.05) is 6.07 Å². The summed E-state index contributed by atoms with van der Waals surface area (Å²) in [6.07, 6.45) is 1.62. The van der Waals surface area contributed by atoms with Gasteiger partial charge >= 0.3 is 0 Å². The van der Waals surface area contributed by atoms with Gasteiger partial charge in [0.25, 0.3) is 5.91 Å². The molecule has 0 atom stereocenters. The van der Waals surface area contributed by atoms with Crippen LogP contribution in [-0.4, -0.2) is 30.1 Å². The lowest BCUT2D eigenvalue weighted by Gasteiger charge is -2.12. The average molecular weight is 399 g/mol. The van der Waals surface area contributed by atoms with Gasteiger partial charge in [0.2, 0.25) is 6.79 Å². The molecule has 1 aromatic heterocycles. The SMILES string of the molecule is CC(=O)c1cc2c(cc1NC(=O)COc1ccc(Cl)c3cccnc13)OCO2. The number of nitrogens with zero attached hydrogens (tertiary/aromatic N) is 1. The molecule has 0 saturated carbocycles. The highest BCUT2D eigenvalue weighted by Gasteiger charge is 2.20. The van der Waals surface area contributed by atoms with Crippen LogP contribution >= 0.6 is 11.6 Å². The summed E-state index contributed by atoms with van der Waals surface area (Å²) < 4.78 is 16.2. The van der Waals surface area contributed by atoms with Crippen molar-refractivity contribution < 1.29 is 23.8 Å². The summed E-state index contributed by atoms with van der Waals surface area (Å²) in [6.45, 7) is 1.22. The predicted octanol–water partition coefficient (Wildman–Crippen LogP) is 3.84. The van der Waals surface area contributed by atoms with Gasteiger partial charge in [0.1, 0.15) is 11.3 Å². The van der Waals surface area contributed by atoms with Crippen LogP contribution in [0.5, 0.6) is 17.2 Å². The van der Waals surface area contributed by atoms with Gasteiger partial charge in [-0.05, 0) is 37.3 Å². The van der Waals surface area contributed by atoms with E-state index in [1.54, 1.807) is 36.5 Å². The van der Waals surface area contributed by atoms with E-state index >= 15 is 0 Å². The molecule has 8 heteroatoms. The van der Waals surface area contributed by atoms with Gasteiger partial charge in [0.05, 0.1) is 10.7 Å². The Balaban J connectivity index is 1.52. The first-order chi connectivity index (χ1) is 13.5. The van der Waals surface area contributed by atoms with Crippen molar-refractivity contribution in [3.63, 3.8) is 0 Å². The van der Waals surface area contributed by atoms with E-state index in [0.29, 0.717) is 39.0 Å². The lowest BCUT2D eigenvalue weighted by atomic mass is 10.1. The third-order valence-electron chi connectivity index (χ3n) is 4.20. The number of pyridine rings is 1. The van der Waals surface area contributed by atoms with Crippen molar-refractivity contribution in [3.05, 3.63) is 53.2 Å². The van der Waals surface area contributed by atoms with Crippen molar-refractivity contribution in [1.29, 1.82) is 0 Å². The average Bonchev–Trinajstić information content (AvgIpc) is 3.14. The maximum atomic E-state index is 12.4. The Morgan fingerprint density at radius 2 is 2.00 bits per heavy atom. The summed E-state index contributed by atoms with van der Waals surface area (Å²) in [6, 6.07) is 10.1. The molecule has 4 rings (SSSR count). The smallest absolute Gasteiger partial charge is 0.262 e. The molecule has 142 valence electrons. The molecule has 1 N–H and O–H groups in total. The minimum Gasteiger partial charge on any atom is -0.481 e. The molecule has 7 nitrogen and oxygen atoms in total. The number of fused-ring (bicyclic) bond motifs is 2. The summed E-state index contributed by atoms with van der Waals surface area (Å²) in [5, 5.41) is 3.97. The number of hydrogen-bond donors (Lipinski definition) is 1. The molecule has 1 aliphatic heterocycles. The fourth-order valence-electron chi connectivity index (χ4n) is 2.89. The Labute approximate surface area is 165 Å². The number of carbonyl (C=O) groups is 2. The highest BCUT2D eigenvalue weighted by Crippen LogP contribution is 2.37. The topological polar surface area (TPSA) is 86.8 Å². The van der Waals surface area contributed by atoms with E-state index < -0.39 is 5.91 Å². The molecule has 0 spiro atoms. The quantitative estimate of drug-likeness (QED) is 0.657. The zero-order valence-electron chi connectivity index (χ0n) is 14.8. The van der Waals surface area contributed by atoms with Crippen LogP contribution in [0, 0.1) is 0 Å². The number of anilines is 1. The van der Waals surface area contributed by atoms with Crippen molar-refractivity contribution in [2.75, 3.05) is 18.7 Å². The second kappa shape index (κ2) is 7.36. The molecule has 0 radical (unpaired) electrons. The van der Waals surface area contributed by atoms with Crippen molar-refractivity contribution in [1.82, 2.24) is 4.98 Å². The molecule has 0 fully saturated rings. The lowest BCUT2D eigenvalue weighted by molar-refractivity contribution is -0.118. The van der Waals surface area contributed by atoms with Crippen molar-refractivity contribution in [2.24, 2.45) is 0 Å². The third-order valence-corrected chi connectivity index (χ3v) is 4.53. The van der Waals surface area contributed by atoms with Gasteiger partial charge in [0.15, 0.2) is 23.9 Å². The maximum Gasteiger partial charge on any atom is 0.262 e. The number of Topliss-reactive ketones (excluding diaryl/α,β-unsaturated/α-hetero) is 1. The molecular weight excluding hydrogens is 384 g/mol. The normalized spacial score (nSPS) is 12.1. The van der Waals surface area contributed by atoms with Gasteiger partial charge in [-0.15, -0.1) is 0 Å². The van der Waals surface area contributed by atoms with Crippen LogP contribution in [0.2, 0.25) is 5.02 Å². The number of aromatic nitrogens is 1. The lowest BCUT2D eigenvalue weighted by Crippen LogP contribution is -2.21. The predicted molar refractivity (Wildman–Crippen MR) is 103 cm³/mol. The van der Waals surface area contributed by atoms with Crippen LogP contribution in [0.1, 0.15) is 17.3 Å². The van der Waals surface area contributed by atoms with Crippen LogP contribution in [0.25, 0.3) is 10.9 Å². The highest BCUT2D eigenvalue weighted by atomic mass is 35.5. The number of halogens is 1. The Kier molecular flexibility index (Phi) is 4.75. The van der Waals surface area contributed by atoms with Crippen molar-refractivity contribution in [3.8, 4) is 17.2 Å². The standard InChI is InChI=1S/C20H15ClN2O5/c1-11(24)13-7-17-18(28-10-27-17)8-15(13)23-19(25)9-26-16-5-4-14(21)12-3-2-6-22-20(12)16/h2-8H,9-10H2,1H3,(H,23,25). The Morgan fingerprint density at radius 1 is 1.21 bits per heavy atom. The van der Waals surface area contributed by atoms with E-state index in [2.05, 4.69) is 10.3 Å². The minimum absolute atomic E-state index is 0.0732. The van der Waals surface area contributed by atoms with E-state index in [0.717, 1.165) is 5.39 Å². The summed E-state index contributed by atoms with van der Waals surface area (Å²) in [5.41, 5.74) is 1.23. The summed E-state index contributed by atoms with van der Waals surface area (Å²) in [4.78, 5) is 28.6. The van der Waals surface area contributed by atoms with Crippen LogP contribution in [0.3, 0.4) is 0 Å². The Morgan fingerprint density at radius 3 is 2.79 bits per heavy atom. The van der Waals surface area contributed by atoms with Gasteiger partial charge in [-0.3, -0.25) is 14.6 Å². The van der Waals surface area contributed by atoms with Gasteiger partial charge in [-0.2, -0.15) is 0 Å². The zero-order valence-corrected chi connectivity index (χ0v) is 15.6. The van der Waals surface area contributed by atoms with Crippen molar-refractivity contribution >= 4 is 39.9 Å². The fraction of sp³-hybridized carbons (Fsp3) is 0.150. The Bertz CT molecular complexity index is 1100. The van der Waals surface area contributed by atoms with Gasteiger partial charge in [0, 0.05) is 23.2 Å². The number of ether oxygens (including phenoxy) is 3. The maximum absolute atomic E-state index is 12.4. The minimum atomic E-state index is -0.430. The molecule has 2 aromatic carbocycles. The molecule has 3 aromatic rings. The molecule has 0 aliphatic carbocycles. The van der Waals surface area contributed by atoms with Crippen LogP contribution in [0.15, 0.2) is 42.6 Å². The number of amides is 1. The summed E-state index contributed by atoms with van der Waals surface area (Å²) >= 11 is 6.16. The number of hydrogen-bond acceptors (Lipinski definition) is 6. The van der Waals surface area contributed by atoms with Gasteiger partial charge < -0.3 is 19.5 Å². The number of carbonyl (C=O) groups excluding carboxylic acids is 2. The van der Waals surface area contributed by atoms with Crippen LogP contribution in [-0.2, 0) is 4.79 Å². The summed E-state index contributed by atoms with van der Waals surface area (Å²) in [7, 11) is 0. The van der Waals surface area contributed by atoms with Gasteiger partial charge in [-0.1, -0.05) is 11.6 Å². The number of rotatable bonds is 5. The first-order valence-electron chi connectivity index (χ1n) is 8.43. The second-order valence-corrected chi connectivity index (χ2v) is 6.50. The monoisotopic (exact) mass is 398 g/mol. The highest BCUT2D eigenvalue weighted by molar-refractivity contribution is 6.35. The van der Waals surface area contributed by atoms with E-state index in [9.17, 15) is 9.59 Å². The molecule has 0 unspecified atom stereocenters. The van der Waals surface area contributed by atoms with Crippen LogP contribution in [0.4, 0.5) is 5.69 Å². The molecule has 0 saturated heterocycles. The molecular formula is C20H15ClN2O5. The van der Waals surface area contributed by atoms with E-state index in [1.165, 1.54) is 6.92 Å². The third kappa shape index (κ3) is 3.44. The van der Waals surface area contributed by atoms with Gasteiger partial charge in [-0.25, -0.2) is 0 Å². The number of ketones is 1. The van der Waals surface area contributed by atoms with Crippen molar-refractivity contribution in [2.45, 2.75) is 6.92 Å². The van der Waals surface area contributed by atoms with E-state index in [4.69, 9.17) is 25.8 Å². The second-order valence-electron chi connectivity index (χ2n) is 6.09. The molecule has 28 heavy (non-hydrogen) atoms. The molecule has 1 aliphatic rings. The molecule has 1 amide bonds. The zero-order chi connectivity index (χ0) is 19.7. The number of benzene rings is 2. The summed E-state index contributed by atoms with van der Waals surface area (Å²) in [5.74, 6) is 0.739. The molecule has 2 heterocycles. The largest absolute Gasteiger partial charge is 0.481 e. The number of nitrogens with one attached hydrogen (secondary N) is 1. The first-order valence-corrected chi connectivity index (χ1v) is 8.81. The fourth-order valence-corrected chi connectivity index (χ4v) is 3.11. The first kappa shape index (κ1) is 18.1. The molecule has 0 bridgehead atoms. The van der Waals surface area contributed by atoms with E-state index in [-0.39, 0.29) is 19.2 Å². The van der Waals surface area contributed by atoms with Crippen LogP contribution < -0.4 is 19.5 Å².